The summed E-state index contributed by atoms with van der Waals surface area (Å²) in [6.45, 7) is 0. The van der Waals surface area contributed by atoms with Gasteiger partial charge in [0.2, 0.25) is 5.91 Å². The molecule has 5 heteroatoms. The Labute approximate surface area is 135 Å². The molecule has 0 radical (unpaired) electrons. The Balaban J connectivity index is 2.07. The summed E-state index contributed by atoms with van der Waals surface area (Å²) in [6.07, 6.45) is 3.16. The minimum Gasteiger partial charge on any atom is -0.321 e. The molecular weight excluding hydrogens is 361 g/mol. The lowest BCUT2D eigenvalue weighted by Crippen LogP contribution is -2.08. The molecule has 0 saturated carbocycles. The normalized spacial score (nSPS) is 10.8. The molecule has 0 heterocycles. The molecule has 2 rings (SSSR count). The quantitative estimate of drug-likeness (QED) is 0.719. The van der Waals surface area contributed by atoms with Crippen molar-refractivity contribution in [3.8, 4) is 0 Å². The lowest BCUT2D eigenvalue weighted by Gasteiger charge is -2.05. The summed E-state index contributed by atoms with van der Waals surface area (Å²) in [4.78, 5) is 11.8. The summed E-state index contributed by atoms with van der Waals surface area (Å²) in [6, 6.07) is 12.5. The van der Waals surface area contributed by atoms with Crippen LogP contribution in [-0.2, 0) is 4.79 Å². The number of carbonyl (C=O) groups excluding carboxylic acids is 1. The Morgan fingerprint density at radius 2 is 1.95 bits per heavy atom. The van der Waals surface area contributed by atoms with Gasteiger partial charge in [0, 0.05) is 15.6 Å². The summed E-state index contributed by atoms with van der Waals surface area (Å²) in [5.74, 6) is -0.269. The number of halogens is 3. The van der Waals surface area contributed by atoms with E-state index in [1.165, 1.54) is 6.08 Å². The van der Waals surface area contributed by atoms with E-state index in [9.17, 15) is 4.79 Å². The van der Waals surface area contributed by atoms with Gasteiger partial charge in [0.05, 0.1) is 10.7 Å². The van der Waals surface area contributed by atoms with E-state index >= 15 is 0 Å². The van der Waals surface area contributed by atoms with Gasteiger partial charge in [0.15, 0.2) is 0 Å². The minimum absolute atomic E-state index is 0.269. The van der Waals surface area contributed by atoms with Crippen LogP contribution in [-0.4, -0.2) is 5.91 Å². The van der Waals surface area contributed by atoms with Gasteiger partial charge in [-0.25, -0.2) is 0 Å². The zero-order valence-electron chi connectivity index (χ0n) is 10.2. The maximum absolute atomic E-state index is 11.8. The summed E-state index contributed by atoms with van der Waals surface area (Å²) in [5, 5.41) is 3.64. The molecule has 2 aromatic carbocycles. The Hall–Kier alpha value is -1.29. The molecule has 0 atom stereocenters. The minimum atomic E-state index is -0.269. The topological polar surface area (TPSA) is 29.1 Å². The van der Waals surface area contributed by atoms with Crippen molar-refractivity contribution in [1.82, 2.24) is 0 Å². The molecule has 0 aromatic heterocycles. The highest BCUT2D eigenvalue weighted by Gasteiger charge is 2.03. The Kier molecular flexibility index (Phi) is 5.24. The Bertz CT molecular complexity index is 671. The monoisotopic (exact) mass is 369 g/mol. The molecule has 20 heavy (non-hydrogen) atoms. The van der Waals surface area contributed by atoms with Gasteiger partial charge >= 0.3 is 0 Å². The van der Waals surface area contributed by atoms with E-state index in [1.807, 2.05) is 24.3 Å². The first-order valence-electron chi connectivity index (χ1n) is 5.74. The number of anilines is 1. The van der Waals surface area contributed by atoms with Crippen LogP contribution in [0.1, 0.15) is 5.56 Å². The van der Waals surface area contributed by atoms with Gasteiger partial charge in [0.1, 0.15) is 0 Å². The third kappa shape index (κ3) is 4.37. The fourth-order valence-electron chi connectivity index (χ4n) is 1.55. The second-order valence-corrected chi connectivity index (χ2v) is 5.76. The summed E-state index contributed by atoms with van der Waals surface area (Å²) >= 11 is 15.2. The second-order valence-electron chi connectivity index (χ2n) is 4.00. The van der Waals surface area contributed by atoms with Crippen molar-refractivity contribution in [1.29, 1.82) is 0 Å². The average Bonchev–Trinajstić information content (AvgIpc) is 2.41. The molecule has 0 aliphatic carbocycles. The van der Waals surface area contributed by atoms with E-state index in [2.05, 4.69) is 21.2 Å². The van der Waals surface area contributed by atoms with Crippen molar-refractivity contribution in [3.63, 3.8) is 0 Å². The second kappa shape index (κ2) is 6.93. The highest BCUT2D eigenvalue weighted by molar-refractivity contribution is 9.10. The van der Waals surface area contributed by atoms with Gasteiger partial charge < -0.3 is 5.32 Å². The van der Waals surface area contributed by atoms with Crippen molar-refractivity contribution in [2.75, 3.05) is 5.32 Å². The first-order valence-corrected chi connectivity index (χ1v) is 7.29. The smallest absolute Gasteiger partial charge is 0.248 e. The van der Waals surface area contributed by atoms with Crippen LogP contribution in [0, 0.1) is 0 Å². The fourth-order valence-corrected chi connectivity index (χ4v) is 2.30. The first-order chi connectivity index (χ1) is 9.54. The lowest BCUT2D eigenvalue weighted by atomic mass is 10.2. The van der Waals surface area contributed by atoms with Crippen LogP contribution in [0.25, 0.3) is 6.08 Å². The molecule has 0 aliphatic heterocycles. The molecule has 0 bridgehead atoms. The molecule has 2 nitrogen and oxygen atoms in total. The Morgan fingerprint density at radius 1 is 1.15 bits per heavy atom. The predicted molar refractivity (Wildman–Crippen MR) is 88.3 cm³/mol. The van der Waals surface area contributed by atoms with Crippen molar-refractivity contribution in [2.24, 2.45) is 0 Å². The van der Waals surface area contributed by atoms with E-state index in [1.54, 1.807) is 24.3 Å². The fraction of sp³-hybridized carbons (Fsp3) is 0. The highest BCUT2D eigenvalue weighted by Crippen LogP contribution is 2.25. The van der Waals surface area contributed by atoms with Crippen LogP contribution in [0.3, 0.4) is 0 Å². The number of carbonyl (C=O) groups is 1. The van der Waals surface area contributed by atoms with Crippen LogP contribution in [0.5, 0.6) is 0 Å². The number of rotatable bonds is 3. The number of benzene rings is 2. The number of amides is 1. The standard InChI is InChI=1S/C15H10BrCl2NO/c16-11-3-1-2-10(8-11)4-7-15(20)19-14-9-12(17)5-6-13(14)18/h1-9H,(H,19,20)/b7-4+. The number of hydrogen-bond acceptors (Lipinski definition) is 1. The van der Waals surface area contributed by atoms with Crippen molar-refractivity contribution in [2.45, 2.75) is 0 Å². The van der Waals surface area contributed by atoms with Crippen LogP contribution < -0.4 is 5.32 Å². The van der Waals surface area contributed by atoms with Crippen molar-refractivity contribution in [3.05, 3.63) is 68.6 Å². The van der Waals surface area contributed by atoms with Crippen LogP contribution in [0.2, 0.25) is 10.0 Å². The van der Waals surface area contributed by atoms with Crippen LogP contribution >= 0.6 is 39.1 Å². The molecule has 0 unspecified atom stereocenters. The van der Waals surface area contributed by atoms with Gasteiger partial charge in [-0.05, 0) is 42.0 Å². The van der Waals surface area contributed by atoms with Gasteiger partial charge in [-0.2, -0.15) is 0 Å². The van der Waals surface area contributed by atoms with Crippen molar-refractivity contribution >= 4 is 56.8 Å². The molecule has 2 aromatic rings. The molecule has 0 saturated heterocycles. The summed E-state index contributed by atoms with van der Waals surface area (Å²) in [5.41, 5.74) is 1.41. The zero-order valence-corrected chi connectivity index (χ0v) is 13.3. The largest absolute Gasteiger partial charge is 0.321 e. The molecule has 0 spiro atoms. The highest BCUT2D eigenvalue weighted by atomic mass is 79.9. The lowest BCUT2D eigenvalue weighted by molar-refractivity contribution is -0.111. The average molecular weight is 371 g/mol. The summed E-state index contributed by atoms with van der Waals surface area (Å²) in [7, 11) is 0. The van der Waals surface area contributed by atoms with E-state index in [-0.39, 0.29) is 5.91 Å². The van der Waals surface area contributed by atoms with Crippen LogP contribution in [0.4, 0.5) is 5.69 Å². The van der Waals surface area contributed by atoms with E-state index in [0.717, 1.165) is 10.0 Å². The van der Waals surface area contributed by atoms with Crippen LogP contribution in [0.15, 0.2) is 53.0 Å². The summed E-state index contributed by atoms with van der Waals surface area (Å²) < 4.78 is 0.956. The van der Waals surface area contributed by atoms with Crippen molar-refractivity contribution < 1.29 is 4.79 Å². The van der Waals surface area contributed by atoms with E-state index in [0.29, 0.717) is 15.7 Å². The third-order valence-corrected chi connectivity index (χ3v) is 3.52. The zero-order chi connectivity index (χ0) is 14.5. The molecule has 0 aliphatic rings. The SMILES string of the molecule is O=C(/C=C/c1cccc(Br)c1)Nc1cc(Cl)ccc1Cl. The first kappa shape index (κ1) is 15.1. The Morgan fingerprint density at radius 3 is 2.70 bits per heavy atom. The van der Waals surface area contributed by atoms with Gasteiger partial charge in [-0.3, -0.25) is 4.79 Å². The maximum Gasteiger partial charge on any atom is 0.248 e. The number of hydrogen-bond donors (Lipinski definition) is 1. The molecular formula is C15H10BrCl2NO. The number of nitrogens with one attached hydrogen (secondary N) is 1. The van der Waals surface area contributed by atoms with Gasteiger partial charge in [-0.15, -0.1) is 0 Å². The van der Waals surface area contributed by atoms with Gasteiger partial charge in [0.25, 0.3) is 0 Å². The third-order valence-electron chi connectivity index (χ3n) is 2.46. The molecule has 1 amide bonds. The van der Waals surface area contributed by atoms with Gasteiger partial charge in [-0.1, -0.05) is 51.3 Å². The van der Waals surface area contributed by atoms with E-state index < -0.39 is 0 Å². The predicted octanol–water partition coefficient (Wildman–Crippen LogP) is 5.41. The van der Waals surface area contributed by atoms with E-state index in [4.69, 9.17) is 23.2 Å². The molecule has 1 N–H and O–H groups in total. The molecule has 0 fully saturated rings. The molecule has 102 valence electrons. The maximum atomic E-state index is 11.8.